The summed E-state index contributed by atoms with van der Waals surface area (Å²) < 4.78 is 33.6. The van der Waals surface area contributed by atoms with E-state index in [1.807, 2.05) is 72.8 Å². The predicted molar refractivity (Wildman–Crippen MR) is 170 cm³/mol. The smallest absolute Gasteiger partial charge is 0.309 e. The summed E-state index contributed by atoms with van der Waals surface area (Å²) >= 11 is 0. The third kappa shape index (κ3) is 12.3. The minimum atomic E-state index is -0.154. The molecule has 0 saturated heterocycles. The Kier molecular flexibility index (Phi) is 12.9. The molecule has 7 heteroatoms. The van der Waals surface area contributed by atoms with Crippen LogP contribution in [0.5, 0.6) is 23.0 Å². The van der Waals surface area contributed by atoms with Gasteiger partial charge in [-0.15, -0.1) is 0 Å². The largest absolute Gasteiger partial charge is 0.497 e. The quantitative estimate of drug-likeness (QED) is 0.123. The topological polar surface area (TPSA) is 72.5 Å². The molecule has 43 heavy (non-hydrogen) atoms. The van der Waals surface area contributed by atoms with Gasteiger partial charge in [-0.05, 0) is 76.9 Å². The highest BCUT2D eigenvalue weighted by molar-refractivity contribution is 5.73. The van der Waals surface area contributed by atoms with Gasteiger partial charge in [-0.3, -0.25) is 4.79 Å². The summed E-state index contributed by atoms with van der Waals surface area (Å²) in [5.74, 6) is 2.76. The Morgan fingerprint density at radius 1 is 0.605 bits per heavy atom. The van der Waals surface area contributed by atoms with E-state index < -0.39 is 0 Å². The summed E-state index contributed by atoms with van der Waals surface area (Å²) in [7, 11) is 1.66. The van der Waals surface area contributed by atoms with Crippen molar-refractivity contribution < 1.29 is 33.2 Å². The van der Waals surface area contributed by atoms with Gasteiger partial charge in [0, 0.05) is 0 Å². The van der Waals surface area contributed by atoms with Crippen molar-refractivity contribution in [1.82, 2.24) is 0 Å². The first-order valence-corrected chi connectivity index (χ1v) is 14.9. The van der Waals surface area contributed by atoms with E-state index in [0.29, 0.717) is 33.0 Å². The van der Waals surface area contributed by atoms with Crippen LogP contribution in [0, 0.1) is 16.7 Å². The molecule has 3 aromatic carbocycles. The van der Waals surface area contributed by atoms with E-state index in [4.69, 9.17) is 28.4 Å². The molecule has 1 unspecified atom stereocenters. The van der Waals surface area contributed by atoms with Crippen LogP contribution in [-0.2, 0) is 19.0 Å². The van der Waals surface area contributed by atoms with E-state index >= 15 is 0 Å². The molecule has 0 saturated carbocycles. The Morgan fingerprint density at radius 3 is 1.53 bits per heavy atom. The standard InChI is InChI=1S/C36H48O7/c1-35(2,3)26-33(36(4,5)6)34(37)42-25-23-40-21-20-39-22-24-41-30-16-18-32(19-17-30)43-31-14-10-28(11-15-31)27-8-12-29(38-7)13-9-27/h8-19,33H,20-26H2,1-7H3. The number of benzene rings is 3. The molecule has 0 aliphatic rings. The molecular weight excluding hydrogens is 544 g/mol. The second-order valence-corrected chi connectivity index (χ2v) is 12.8. The van der Waals surface area contributed by atoms with Gasteiger partial charge in [0.25, 0.3) is 0 Å². The Labute approximate surface area is 257 Å². The highest BCUT2D eigenvalue weighted by atomic mass is 16.6. The summed E-state index contributed by atoms with van der Waals surface area (Å²) in [6, 6.07) is 23.4. The van der Waals surface area contributed by atoms with Crippen molar-refractivity contribution in [3.05, 3.63) is 72.8 Å². The Balaban J connectivity index is 1.26. The minimum absolute atomic E-state index is 0.0552. The second-order valence-electron chi connectivity index (χ2n) is 12.8. The zero-order chi connectivity index (χ0) is 31.3. The van der Waals surface area contributed by atoms with Crippen molar-refractivity contribution in [2.24, 2.45) is 16.7 Å². The number of rotatable bonds is 16. The first kappa shape index (κ1) is 33.9. The fraction of sp³-hybridized carbons (Fsp3) is 0.472. The third-order valence-corrected chi connectivity index (χ3v) is 6.82. The van der Waals surface area contributed by atoms with Crippen molar-refractivity contribution in [1.29, 1.82) is 0 Å². The lowest BCUT2D eigenvalue weighted by molar-refractivity contribution is -0.155. The van der Waals surface area contributed by atoms with E-state index in [9.17, 15) is 4.79 Å². The molecule has 3 rings (SSSR count). The molecule has 0 spiro atoms. The monoisotopic (exact) mass is 592 g/mol. The molecule has 0 amide bonds. The number of carbonyl (C=O) groups is 1. The summed E-state index contributed by atoms with van der Waals surface area (Å²) in [5.41, 5.74) is 2.13. The normalized spacial score (nSPS) is 12.4. The van der Waals surface area contributed by atoms with Crippen LogP contribution < -0.4 is 14.2 Å². The lowest BCUT2D eigenvalue weighted by Crippen LogP contribution is -2.34. The Bertz CT molecular complexity index is 1220. The molecule has 0 aromatic heterocycles. The van der Waals surface area contributed by atoms with Gasteiger partial charge in [0.05, 0.1) is 39.5 Å². The highest BCUT2D eigenvalue weighted by Crippen LogP contribution is 2.36. The zero-order valence-corrected chi connectivity index (χ0v) is 26.8. The number of methoxy groups -OCH3 is 1. The van der Waals surface area contributed by atoms with Crippen molar-refractivity contribution in [3.8, 4) is 34.1 Å². The molecule has 0 radical (unpaired) electrons. The van der Waals surface area contributed by atoms with Crippen LogP contribution in [0.4, 0.5) is 0 Å². The highest BCUT2D eigenvalue weighted by Gasteiger charge is 2.35. The zero-order valence-electron chi connectivity index (χ0n) is 26.8. The van der Waals surface area contributed by atoms with E-state index in [0.717, 1.165) is 40.5 Å². The molecule has 0 aliphatic heterocycles. The molecular formula is C36H48O7. The summed E-state index contributed by atoms with van der Waals surface area (Å²) in [6.45, 7) is 15.0. The maximum atomic E-state index is 12.6. The molecule has 0 N–H and O–H groups in total. The Morgan fingerprint density at radius 2 is 1.05 bits per heavy atom. The maximum Gasteiger partial charge on any atom is 0.309 e. The predicted octanol–water partition coefficient (Wildman–Crippen LogP) is 8.21. The molecule has 7 nitrogen and oxygen atoms in total. The van der Waals surface area contributed by atoms with Crippen LogP contribution in [0.2, 0.25) is 0 Å². The van der Waals surface area contributed by atoms with Crippen LogP contribution in [0.1, 0.15) is 48.0 Å². The van der Waals surface area contributed by atoms with E-state index in [2.05, 4.69) is 41.5 Å². The van der Waals surface area contributed by atoms with Gasteiger partial charge in [0.15, 0.2) is 0 Å². The van der Waals surface area contributed by atoms with Gasteiger partial charge in [0.1, 0.15) is 36.2 Å². The van der Waals surface area contributed by atoms with Gasteiger partial charge in [-0.2, -0.15) is 0 Å². The number of hydrogen-bond donors (Lipinski definition) is 0. The van der Waals surface area contributed by atoms with E-state index in [1.54, 1.807) is 7.11 Å². The van der Waals surface area contributed by atoms with Crippen LogP contribution in [0.15, 0.2) is 72.8 Å². The van der Waals surface area contributed by atoms with Crippen molar-refractivity contribution in [2.45, 2.75) is 48.0 Å². The fourth-order valence-corrected chi connectivity index (χ4v) is 4.44. The molecule has 234 valence electrons. The van der Waals surface area contributed by atoms with Gasteiger partial charge in [-0.25, -0.2) is 0 Å². The molecule has 0 heterocycles. The summed E-state index contributed by atoms with van der Waals surface area (Å²) in [6.07, 6.45) is 0.783. The van der Waals surface area contributed by atoms with Gasteiger partial charge < -0.3 is 28.4 Å². The van der Waals surface area contributed by atoms with Crippen molar-refractivity contribution in [3.63, 3.8) is 0 Å². The number of hydrogen-bond acceptors (Lipinski definition) is 7. The second kappa shape index (κ2) is 16.3. The van der Waals surface area contributed by atoms with Crippen LogP contribution in [0.25, 0.3) is 11.1 Å². The van der Waals surface area contributed by atoms with E-state index in [-0.39, 0.29) is 29.3 Å². The minimum Gasteiger partial charge on any atom is -0.497 e. The lowest BCUT2D eigenvalue weighted by Gasteiger charge is -2.33. The first-order chi connectivity index (χ1) is 20.4. The molecule has 0 fully saturated rings. The van der Waals surface area contributed by atoms with Gasteiger partial charge in [-0.1, -0.05) is 65.8 Å². The number of ether oxygens (including phenoxy) is 6. The number of esters is 1. The van der Waals surface area contributed by atoms with Crippen molar-refractivity contribution in [2.75, 3.05) is 46.8 Å². The van der Waals surface area contributed by atoms with Crippen LogP contribution in [0.3, 0.4) is 0 Å². The summed E-state index contributed by atoms with van der Waals surface area (Å²) in [5, 5.41) is 0. The number of carbonyl (C=O) groups excluding carboxylic acids is 1. The first-order valence-electron chi connectivity index (χ1n) is 14.9. The summed E-state index contributed by atoms with van der Waals surface area (Å²) in [4.78, 5) is 12.6. The SMILES string of the molecule is COc1ccc(-c2ccc(Oc3ccc(OCCOCCOCCOC(=O)C(CC(C)(C)C)C(C)(C)C)cc3)cc2)cc1. The lowest BCUT2D eigenvalue weighted by atomic mass is 9.72. The Hall–Kier alpha value is -3.55. The fourth-order valence-electron chi connectivity index (χ4n) is 4.44. The van der Waals surface area contributed by atoms with Gasteiger partial charge >= 0.3 is 5.97 Å². The average Bonchev–Trinajstić information content (AvgIpc) is 2.97. The molecule has 0 aliphatic carbocycles. The third-order valence-electron chi connectivity index (χ3n) is 6.82. The van der Waals surface area contributed by atoms with Crippen LogP contribution in [-0.4, -0.2) is 52.7 Å². The molecule has 0 bridgehead atoms. The average molecular weight is 593 g/mol. The van der Waals surface area contributed by atoms with E-state index in [1.165, 1.54) is 0 Å². The molecule has 3 aromatic rings. The molecule has 1 atom stereocenters. The van der Waals surface area contributed by atoms with Crippen molar-refractivity contribution >= 4 is 5.97 Å². The van der Waals surface area contributed by atoms with Gasteiger partial charge in [0.2, 0.25) is 0 Å². The van der Waals surface area contributed by atoms with Crippen LogP contribution >= 0.6 is 0 Å². The maximum absolute atomic E-state index is 12.6.